The Kier molecular flexibility index (Phi) is 18.3. The third-order valence-corrected chi connectivity index (χ3v) is 34.3. The highest BCUT2D eigenvalue weighted by atomic mass is 14.4. The standard InChI is InChI=1S/6C24H16/c1-4-10-18-15(7-1)13-21-19-11-5-6-12-20(19)23-17-9-3-2-8-16(17)14-22(23)24(18)21;1-4-8-20-15(5-1)9-10-17-13-18-11-12-21-19-7-3-2-6-16(19)14-22(21)24(18)23(17)20;1-3-7-18-15(5-1)9-11-20-21-12-10-17-13-16-6-2-4-8-19(16)24(17)23(21)14-22(18)20;1-3-7-19-15(5-1)9-10-18-14-22-21(23(18)19)12-11-17-13-16-6-2-4-8-20(16)24(17)22;1-2-6-16-13-22-19(11-15(16)5-1)12-18-9-10-21-20-8-4-3-7-17(20)14-23(21)24(18)22;1-2-6-16-13-22-19(11-15(16)5-1)14-23-21(22)10-9-18-12-17-7-3-4-8-20(17)24(18)23/h4*1-12H,13-14H2;2*1-11,13H,12,14H2. The molecule has 0 unspecified atom stereocenters. The maximum absolute atomic E-state index is 2.40. The summed E-state index contributed by atoms with van der Waals surface area (Å²) in [5.74, 6) is 0. The lowest BCUT2D eigenvalue weighted by Gasteiger charge is -2.14. The Morgan fingerprint density at radius 1 is 0.0903 bits per heavy atom. The molecule has 0 spiro atoms. The molecule has 0 aliphatic heterocycles. The van der Waals surface area contributed by atoms with E-state index in [0.29, 0.717) is 0 Å². The molecule has 24 aromatic carbocycles. The molecule has 672 valence electrons. The van der Waals surface area contributed by atoms with E-state index >= 15 is 0 Å². The van der Waals surface area contributed by atoms with Crippen molar-refractivity contribution < 1.29 is 0 Å². The first-order valence-corrected chi connectivity index (χ1v) is 51.8. The zero-order valence-corrected chi connectivity index (χ0v) is 80.1. The average molecular weight is 1830 g/mol. The van der Waals surface area contributed by atoms with E-state index in [1.807, 2.05) is 0 Å². The number of hydrogen-bond acceptors (Lipinski definition) is 0. The highest BCUT2D eigenvalue weighted by Gasteiger charge is 2.38. The summed E-state index contributed by atoms with van der Waals surface area (Å²) >= 11 is 0. The Labute approximate surface area is 839 Å². The molecule has 12 aliphatic carbocycles. The summed E-state index contributed by atoms with van der Waals surface area (Å²) in [6.07, 6.45) is 12.8. The van der Waals surface area contributed by atoms with Crippen LogP contribution in [0.2, 0.25) is 0 Å². The average Bonchev–Trinajstić information content (AvgIpc) is 1.55. The summed E-state index contributed by atoms with van der Waals surface area (Å²) in [6.45, 7) is 0. The Hall–Kier alpha value is -17.2. The van der Waals surface area contributed by atoms with Crippen molar-refractivity contribution in [2.24, 2.45) is 0 Å². The highest BCUT2D eigenvalue weighted by Crippen LogP contribution is 2.58. The number of fused-ring (bicyclic) bond motifs is 53. The van der Waals surface area contributed by atoms with Gasteiger partial charge in [0, 0.05) is 0 Å². The molecule has 0 amide bonds. The van der Waals surface area contributed by atoms with Crippen LogP contribution in [-0.4, -0.2) is 0 Å². The van der Waals surface area contributed by atoms with E-state index in [-0.39, 0.29) is 0 Å². The third-order valence-electron chi connectivity index (χ3n) is 34.3. The second kappa shape index (κ2) is 32.2. The molecule has 0 heteroatoms. The minimum Gasteiger partial charge on any atom is -0.0619 e. The van der Waals surface area contributed by atoms with Gasteiger partial charge < -0.3 is 0 Å². The van der Waals surface area contributed by atoms with Gasteiger partial charge in [-0.05, 0) is 421 Å². The number of hydrogen-bond donors (Lipinski definition) is 0. The molecule has 0 N–H and O–H groups in total. The largest absolute Gasteiger partial charge is 0.0619 e. The van der Waals surface area contributed by atoms with Gasteiger partial charge >= 0.3 is 0 Å². The Morgan fingerprint density at radius 2 is 0.354 bits per heavy atom. The fourth-order valence-electron chi connectivity index (χ4n) is 28.1. The summed E-state index contributed by atoms with van der Waals surface area (Å²) in [7, 11) is 0. The molecule has 0 saturated heterocycles. The quantitative estimate of drug-likeness (QED) is 0.142. The van der Waals surface area contributed by atoms with Crippen molar-refractivity contribution in [3.63, 3.8) is 0 Å². The molecule has 0 saturated carbocycles. The highest BCUT2D eigenvalue weighted by molar-refractivity contribution is 6.11. The smallest absolute Gasteiger partial charge is 0.000101 e. The molecule has 0 aromatic heterocycles. The zero-order valence-electron chi connectivity index (χ0n) is 80.1. The van der Waals surface area contributed by atoms with Crippen molar-refractivity contribution in [3.8, 4) is 134 Å². The van der Waals surface area contributed by atoms with Crippen molar-refractivity contribution in [1.29, 1.82) is 0 Å². The van der Waals surface area contributed by atoms with E-state index in [2.05, 4.69) is 437 Å². The van der Waals surface area contributed by atoms with Crippen molar-refractivity contribution in [2.45, 2.75) is 77.0 Å². The summed E-state index contributed by atoms with van der Waals surface area (Å²) in [5, 5.41) is 16.5. The molecule has 0 radical (unpaired) electrons. The first-order valence-electron chi connectivity index (χ1n) is 51.8. The monoisotopic (exact) mass is 1820 g/mol. The van der Waals surface area contributed by atoms with Crippen LogP contribution in [0.25, 0.3) is 198 Å². The van der Waals surface area contributed by atoms with Gasteiger partial charge in [0.2, 0.25) is 0 Å². The minimum atomic E-state index is 1.06. The van der Waals surface area contributed by atoms with Crippen LogP contribution in [-0.2, 0) is 77.0 Å². The van der Waals surface area contributed by atoms with Gasteiger partial charge in [-0.1, -0.05) is 425 Å². The lowest BCUT2D eigenvalue weighted by molar-refractivity contribution is 1.23. The minimum absolute atomic E-state index is 1.06. The zero-order chi connectivity index (χ0) is 94.0. The van der Waals surface area contributed by atoms with Crippen molar-refractivity contribution in [3.05, 3.63) is 570 Å². The van der Waals surface area contributed by atoms with Crippen molar-refractivity contribution in [1.82, 2.24) is 0 Å². The van der Waals surface area contributed by atoms with E-state index in [4.69, 9.17) is 0 Å². The van der Waals surface area contributed by atoms with E-state index in [0.717, 1.165) is 77.0 Å². The van der Waals surface area contributed by atoms with Crippen LogP contribution in [0.5, 0.6) is 0 Å². The fraction of sp³-hybridized carbons (Fsp3) is 0.0833. The van der Waals surface area contributed by atoms with Crippen molar-refractivity contribution >= 4 is 64.6 Å². The van der Waals surface area contributed by atoms with Crippen LogP contribution in [0.15, 0.2) is 437 Å². The molecular formula is C144H96. The number of rotatable bonds is 0. The first kappa shape index (κ1) is 81.7. The first-order chi connectivity index (χ1) is 71.4. The summed E-state index contributed by atoms with van der Waals surface area (Å²) in [5.41, 5.74) is 70.9. The topological polar surface area (TPSA) is 0 Å². The predicted octanol–water partition coefficient (Wildman–Crippen LogP) is 35.9. The van der Waals surface area contributed by atoms with Gasteiger partial charge in [-0.15, -0.1) is 0 Å². The summed E-state index contributed by atoms with van der Waals surface area (Å²) in [6, 6.07) is 162. The molecule has 0 fully saturated rings. The van der Waals surface area contributed by atoms with Gasteiger partial charge in [0.05, 0.1) is 0 Å². The molecule has 0 bridgehead atoms. The second-order valence-electron chi connectivity index (χ2n) is 41.8. The lowest BCUT2D eigenvalue weighted by Crippen LogP contribution is -1.92. The Balaban J connectivity index is 0.0000000788. The number of benzene rings is 24. The van der Waals surface area contributed by atoms with Gasteiger partial charge in [0.1, 0.15) is 0 Å². The van der Waals surface area contributed by atoms with E-state index in [1.54, 1.807) is 0 Å². The van der Waals surface area contributed by atoms with E-state index in [9.17, 15) is 0 Å². The Morgan fingerprint density at radius 3 is 0.875 bits per heavy atom. The van der Waals surface area contributed by atoms with Crippen LogP contribution in [0, 0.1) is 0 Å². The molecule has 0 atom stereocenters. The summed E-state index contributed by atoms with van der Waals surface area (Å²) < 4.78 is 0. The van der Waals surface area contributed by atoms with Crippen LogP contribution in [0.3, 0.4) is 0 Å². The molecule has 0 heterocycles. The normalized spacial score (nSPS) is 13.5. The van der Waals surface area contributed by atoms with E-state index in [1.165, 1.54) is 332 Å². The van der Waals surface area contributed by atoms with E-state index < -0.39 is 0 Å². The lowest BCUT2D eigenvalue weighted by atomic mass is 9.89. The predicted molar refractivity (Wildman–Crippen MR) is 603 cm³/mol. The van der Waals surface area contributed by atoms with Crippen LogP contribution < -0.4 is 0 Å². The second-order valence-corrected chi connectivity index (χ2v) is 41.8. The van der Waals surface area contributed by atoms with Gasteiger partial charge in [-0.25, -0.2) is 0 Å². The SMILES string of the molecule is c1ccc2c(c1)Cc1c-2c2c(c3ccccc13)-c1ccccc1C2.c1ccc2c(c1)Cc1c-2ccc2c1-c1c(ccc3ccccc13)C2.c1ccc2c(c1)Cc1c-2ccc2c1-c1cc3ccccc3cc1C2.c1ccc2c(c1)Cc1ccc3c(c1-2)Cc1c-3ccc2ccccc12.c1ccc2c(c1)Cc1ccc3c(c1-2)Cc1cc2ccccc2cc1-3.c1ccc2c(c1)Cc1ccc3c(c1-2)Cc1ccc2ccccc2c1-3. The third kappa shape index (κ3) is 12.6. The molecule has 144 heavy (non-hydrogen) atoms. The molecular weight excluding hydrogens is 1730 g/mol. The molecule has 0 nitrogen and oxygen atoms in total. The van der Waals surface area contributed by atoms with Gasteiger partial charge in [-0.3, -0.25) is 0 Å². The van der Waals surface area contributed by atoms with Crippen molar-refractivity contribution in [2.75, 3.05) is 0 Å². The van der Waals surface area contributed by atoms with Crippen LogP contribution in [0.1, 0.15) is 134 Å². The fourth-order valence-corrected chi connectivity index (χ4v) is 28.1. The van der Waals surface area contributed by atoms with Gasteiger partial charge in [-0.2, -0.15) is 0 Å². The van der Waals surface area contributed by atoms with Gasteiger partial charge in [0.25, 0.3) is 0 Å². The molecule has 36 rings (SSSR count). The van der Waals surface area contributed by atoms with Crippen LogP contribution in [0.4, 0.5) is 0 Å². The molecule has 12 aliphatic rings. The van der Waals surface area contributed by atoms with Crippen LogP contribution >= 0.6 is 0 Å². The molecule has 24 aromatic rings. The maximum atomic E-state index is 2.40. The maximum Gasteiger partial charge on any atom is -0.000101 e. The Bertz CT molecular complexity index is 9750. The summed E-state index contributed by atoms with van der Waals surface area (Å²) in [4.78, 5) is 0. The van der Waals surface area contributed by atoms with Gasteiger partial charge in [0.15, 0.2) is 0 Å².